The third-order valence-corrected chi connectivity index (χ3v) is 3.98. The van der Waals surface area contributed by atoms with Crippen molar-refractivity contribution in [3.05, 3.63) is 29.6 Å². The zero-order chi connectivity index (χ0) is 13.8. The topological polar surface area (TPSA) is 41.5 Å². The van der Waals surface area contributed by atoms with Gasteiger partial charge in [-0.1, -0.05) is 12.5 Å². The van der Waals surface area contributed by atoms with Crippen LogP contribution < -0.4 is 10.1 Å². The molecule has 1 aliphatic carbocycles. The Labute approximate surface area is 113 Å². The lowest BCUT2D eigenvalue weighted by atomic mass is 10.0. The van der Waals surface area contributed by atoms with E-state index in [2.05, 4.69) is 5.32 Å². The van der Waals surface area contributed by atoms with Crippen molar-refractivity contribution < 1.29 is 14.2 Å². The summed E-state index contributed by atoms with van der Waals surface area (Å²) in [6, 6.07) is 4.84. The van der Waals surface area contributed by atoms with Crippen LogP contribution in [0.15, 0.2) is 18.2 Å². The zero-order valence-electron chi connectivity index (χ0n) is 11.5. The van der Waals surface area contributed by atoms with Gasteiger partial charge in [0.05, 0.1) is 13.2 Å². The van der Waals surface area contributed by atoms with Crippen LogP contribution in [0.2, 0.25) is 0 Å². The standard InChI is InChI=1S/C15H22FNO2/c1-10(17-9-11-4-3-5-15(11)18)13-7-6-12(19-2)8-14(13)16/h6-8,10-11,15,17-18H,3-5,9H2,1-2H3. The smallest absolute Gasteiger partial charge is 0.131 e. The molecule has 0 spiro atoms. The van der Waals surface area contributed by atoms with E-state index >= 15 is 0 Å². The van der Waals surface area contributed by atoms with Gasteiger partial charge in [0.2, 0.25) is 0 Å². The summed E-state index contributed by atoms with van der Waals surface area (Å²) < 4.78 is 18.9. The van der Waals surface area contributed by atoms with Gasteiger partial charge < -0.3 is 15.2 Å². The highest BCUT2D eigenvalue weighted by Crippen LogP contribution is 2.26. The second kappa shape index (κ2) is 6.35. The molecule has 1 saturated carbocycles. The number of halogens is 1. The van der Waals surface area contributed by atoms with Crippen LogP contribution in [0.25, 0.3) is 0 Å². The van der Waals surface area contributed by atoms with Gasteiger partial charge in [-0.05, 0) is 31.7 Å². The monoisotopic (exact) mass is 267 g/mol. The maximum absolute atomic E-state index is 13.9. The Bertz CT molecular complexity index is 425. The number of aliphatic hydroxyl groups excluding tert-OH is 1. The van der Waals surface area contributed by atoms with E-state index in [9.17, 15) is 9.50 Å². The Kier molecular flexibility index (Phi) is 4.77. The average Bonchev–Trinajstić information content (AvgIpc) is 2.81. The summed E-state index contributed by atoms with van der Waals surface area (Å²) in [7, 11) is 1.53. The number of nitrogens with one attached hydrogen (secondary N) is 1. The van der Waals surface area contributed by atoms with Gasteiger partial charge in [0.1, 0.15) is 11.6 Å². The van der Waals surface area contributed by atoms with E-state index in [0.29, 0.717) is 17.2 Å². The maximum atomic E-state index is 13.9. The minimum absolute atomic E-state index is 0.0706. The summed E-state index contributed by atoms with van der Waals surface area (Å²) in [4.78, 5) is 0. The first-order valence-corrected chi connectivity index (χ1v) is 6.86. The molecular weight excluding hydrogens is 245 g/mol. The third-order valence-electron chi connectivity index (χ3n) is 3.98. The van der Waals surface area contributed by atoms with Crippen molar-refractivity contribution in [1.29, 1.82) is 0 Å². The molecule has 2 N–H and O–H groups in total. The van der Waals surface area contributed by atoms with E-state index in [4.69, 9.17) is 4.74 Å². The van der Waals surface area contributed by atoms with Crippen LogP contribution in [0.3, 0.4) is 0 Å². The molecule has 0 aliphatic heterocycles. The fraction of sp³-hybridized carbons (Fsp3) is 0.600. The molecule has 3 atom stereocenters. The summed E-state index contributed by atoms with van der Waals surface area (Å²) in [6.07, 6.45) is 2.81. The normalized spacial score (nSPS) is 24.4. The van der Waals surface area contributed by atoms with Gasteiger partial charge in [-0.15, -0.1) is 0 Å². The van der Waals surface area contributed by atoms with Crippen LogP contribution in [0.1, 0.15) is 37.8 Å². The van der Waals surface area contributed by atoms with E-state index in [0.717, 1.165) is 25.8 Å². The second-order valence-electron chi connectivity index (χ2n) is 5.28. The number of hydrogen-bond acceptors (Lipinski definition) is 3. The van der Waals surface area contributed by atoms with Gasteiger partial charge in [0.15, 0.2) is 0 Å². The van der Waals surface area contributed by atoms with Crippen molar-refractivity contribution >= 4 is 0 Å². The Balaban J connectivity index is 1.94. The first-order valence-electron chi connectivity index (χ1n) is 6.86. The predicted octanol–water partition coefficient (Wildman–Crippen LogP) is 2.65. The fourth-order valence-corrected chi connectivity index (χ4v) is 2.68. The van der Waals surface area contributed by atoms with Crippen molar-refractivity contribution in [2.75, 3.05) is 13.7 Å². The molecule has 0 heterocycles. The van der Waals surface area contributed by atoms with Crippen molar-refractivity contribution in [3.63, 3.8) is 0 Å². The summed E-state index contributed by atoms with van der Waals surface area (Å²) in [5.41, 5.74) is 0.633. The maximum Gasteiger partial charge on any atom is 0.131 e. The molecule has 0 radical (unpaired) electrons. The predicted molar refractivity (Wildman–Crippen MR) is 72.7 cm³/mol. The van der Waals surface area contributed by atoms with Crippen LogP contribution in [-0.2, 0) is 0 Å². The van der Waals surface area contributed by atoms with Crippen molar-refractivity contribution in [1.82, 2.24) is 5.32 Å². The van der Waals surface area contributed by atoms with Crippen molar-refractivity contribution in [2.24, 2.45) is 5.92 Å². The van der Waals surface area contributed by atoms with E-state index in [1.54, 1.807) is 12.1 Å². The number of rotatable bonds is 5. The Morgan fingerprint density at radius 2 is 2.26 bits per heavy atom. The molecule has 0 bridgehead atoms. The molecule has 0 saturated heterocycles. The van der Waals surface area contributed by atoms with Gasteiger partial charge in [0.25, 0.3) is 0 Å². The highest BCUT2D eigenvalue weighted by molar-refractivity contribution is 5.30. The van der Waals surface area contributed by atoms with Gasteiger partial charge >= 0.3 is 0 Å². The molecule has 3 unspecified atom stereocenters. The van der Waals surface area contributed by atoms with Crippen LogP contribution in [0.4, 0.5) is 4.39 Å². The fourth-order valence-electron chi connectivity index (χ4n) is 2.68. The van der Waals surface area contributed by atoms with E-state index in [-0.39, 0.29) is 18.0 Å². The summed E-state index contributed by atoms with van der Waals surface area (Å²) in [5.74, 6) is 0.565. The lowest BCUT2D eigenvalue weighted by molar-refractivity contribution is 0.130. The molecule has 0 aromatic heterocycles. The molecule has 2 rings (SSSR count). The number of hydrogen-bond donors (Lipinski definition) is 2. The molecule has 1 aliphatic rings. The molecule has 1 fully saturated rings. The molecule has 19 heavy (non-hydrogen) atoms. The van der Waals surface area contributed by atoms with Gasteiger partial charge in [-0.2, -0.15) is 0 Å². The van der Waals surface area contributed by atoms with Gasteiger partial charge in [-0.3, -0.25) is 0 Å². The largest absolute Gasteiger partial charge is 0.497 e. The number of methoxy groups -OCH3 is 1. The zero-order valence-corrected chi connectivity index (χ0v) is 11.5. The second-order valence-corrected chi connectivity index (χ2v) is 5.28. The van der Waals surface area contributed by atoms with Crippen LogP contribution in [-0.4, -0.2) is 24.9 Å². The summed E-state index contributed by atoms with van der Waals surface area (Å²) >= 11 is 0. The highest BCUT2D eigenvalue weighted by atomic mass is 19.1. The van der Waals surface area contributed by atoms with Crippen LogP contribution >= 0.6 is 0 Å². The SMILES string of the molecule is COc1ccc(C(C)NCC2CCCC2O)c(F)c1. The van der Waals surface area contributed by atoms with Gasteiger partial charge in [0, 0.05) is 24.2 Å². The van der Waals surface area contributed by atoms with Crippen molar-refractivity contribution in [2.45, 2.75) is 38.3 Å². The quantitative estimate of drug-likeness (QED) is 0.861. The Morgan fingerprint density at radius 3 is 2.84 bits per heavy atom. The minimum atomic E-state index is -0.258. The molecule has 1 aromatic carbocycles. The van der Waals surface area contributed by atoms with Crippen LogP contribution in [0, 0.1) is 11.7 Å². The highest BCUT2D eigenvalue weighted by Gasteiger charge is 2.25. The Morgan fingerprint density at radius 1 is 1.47 bits per heavy atom. The van der Waals surface area contributed by atoms with E-state index in [1.807, 2.05) is 6.92 Å². The van der Waals surface area contributed by atoms with Gasteiger partial charge in [-0.25, -0.2) is 4.39 Å². The molecule has 3 nitrogen and oxygen atoms in total. The first-order chi connectivity index (χ1) is 9.11. The molecule has 0 amide bonds. The number of aliphatic hydroxyl groups is 1. The number of ether oxygens (including phenoxy) is 1. The lowest BCUT2D eigenvalue weighted by Crippen LogP contribution is -2.30. The molecular formula is C15H22FNO2. The van der Waals surface area contributed by atoms with E-state index in [1.165, 1.54) is 13.2 Å². The molecule has 106 valence electrons. The Hall–Kier alpha value is -1.13. The van der Waals surface area contributed by atoms with Crippen LogP contribution in [0.5, 0.6) is 5.75 Å². The summed E-state index contributed by atoms with van der Waals surface area (Å²) in [5, 5.41) is 13.1. The van der Waals surface area contributed by atoms with Crippen molar-refractivity contribution in [3.8, 4) is 5.75 Å². The lowest BCUT2D eigenvalue weighted by Gasteiger charge is -2.20. The molecule has 1 aromatic rings. The van der Waals surface area contributed by atoms with E-state index < -0.39 is 0 Å². The summed E-state index contributed by atoms with van der Waals surface area (Å²) in [6.45, 7) is 2.67. The minimum Gasteiger partial charge on any atom is -0.497 e. The first kappa shape index (κ1) is 14.3. The third kappa shape index (κ3) is 3.45. The number of benzene rings is 1. The molecule has 4 heteroatoms. The average molecular weight is 267 g/mol.